The summed E-state index contributed by atoms with van der Waals surface area (Å²) in [6.45, 7) is 2.37. The Bertz CT molecular complexity index is 848. The van der Waals surface area contributed by atoms with Crippen LogP contribution in [0.5, 0.6) is 17.2 Å². The predicted molar refractivity (Wildman–Crippen MR) is 89.2 cm³/mol. The summed E-state index contributed by atoms with van der Waals surface area (Å²) in [5.41, 5.74) is 2.07. The van der Waals surface area contributed by atoms with Crippen LogP contribution in [-0.2, 0) is 16.4 Å². The van der Waals surface area contributed by atoms with Crippen LogP contribution in [0.15, 0.2) is 41.3 Å². The molecule has 0 aliphatic carbocycles. The molecule has 0 spiro atoms. The highest BCUT2D eigenvalue weighted by Gasteiger charge is 2.20. The summed E-state index contributed by atoms with van der Waals surface area (Å²) in [6.07, 6.45) is 0.536. The van der Waals surface area contributed by atoms with E-state index in [9.17, 15) is 8.42 Å². The molecule has 0 saturated carbocycles. The molecule has 0 bridgehead atoms. The molecular weight excluding hydrogens is 330 g/mol. The zero-order chi connectivity index (χ0) is 17.2. The molecule has 0 fully saturated rings. The molecule has 3 rings (SSSR count). The Morgan fingerprint density at radius 3 is 2.71 bits per heavy atom. The smallest absolute Gasteiger partial charge is 0.240 e. The van der Waals surface area contributed by atoms with Crippen LogP contribution in [0, 0.1) is 6.92 Å². The Kier molecular flexibility index (Phi) is 4.64. The van der Waals surface area contributed by atoms with Crippen molar-refractivity contribution >= 4 is 10.0 Å². The maximum atomic E-state index is 12.4. The number of fused-ring (bicyclic) bond motifs is 1. The van der Waals surface area contributed by atoms with Crippen molar-refractivity contribution < 1.29 is 22.6 Å². The first-order valence-corrected chi connectivity index (χ1v) is 9.01. The summed E-state index contributed by atoms with van der Waals surface area (Å²) in [5, 5.41) is 0. The van der Waals surface area contributed by atoms with Gasteiger partial charge in [0.2, 0.25) is 16.8 Å². The molecule has 0 aromatic heterocycles. The van der Waals surface area contributed by atoms with Crippen LogP contribution in [0.4, 0.5) is 0 Å². The fraction of sp³-hybridized carbons (Fsp3) is 0.294. The number of methoxy groups -OCH3 is 1. The molecule has 2 aromatic rings. The van der Waals surface area contributed by atoms with Gasteiger partial charge in [-0.3, -0.25) is 0 Å². The number of benzene rings is 2. The summed E-state index contributed by atoms with van der Waals surface area (Å²) in [7, 11) is -2.01. The van der Waals surface area contributed by atoms with Crippen LogP contribution in [0.1, 0.15) is 11.1 Å². The van der Waals surface area contributed by atoms with Gasteiger partial charge in [-0.25, -0.2) is 13.1 Å². The number of nitrogens with one attached hydrogen (secondary N) is 1. The van der Waals surface area contributed by atoms with E-state index in [-0.39, 0.29) is 18.2 Å². The number of hydrogen-bond donors (Lipinski definition) is 1. The van der Waals surface area contributed by atoms with E-state index in [1.807, 2.05) is 25.1 Å². The molecule has 0 amide bonds. The molecule has 1 heterocycles. The average Bonchev–Trinajstić information content (AvgIpc) is 3.02. The van der Waals surface area contributed by atoms with Gasteiger partial charge in [-0.1, -0.05) is 17.7 Å². The van der Waals surface area contributed by atoms with E-state index in [1.165, 1.54) is 12.1 Å². The number of ether oxygens (including phenoxy) is 3. The van der Waals surface area contributed by atoms with E-state index in [4.69, 9.17) is 14.2 Å². The predicted octanol–water partition coefficient (Wildman–Crippen LogP) is 2.25. The topological polar surface area (TPSA) is 73.9 Å². The van der Waals surface area contributed by atoms with Crippen molar-refractivity contribution in [3.05, 3.63) is 47.5 Å². The van der Waals surface area contributed by atoms with Crippen LogP contribution >= 0.6 is 0 Å². The van der Waals surface area contributed by atoms with Gasteiger partial charge in [-0.15, -0.1) is 0 Å². The number of hydrogen-bond acceptors (Lipinski definition) is 5. The van der Waals surface area contributed by atoms with Crippen LogP contribution in [0.2, 0.25) is 0 Å². The van der Waals surface area contributed by atoms with Crippen LogP contribution in [-0.4, -0.2) is 28.9 Å². The zero-order valence-corrected chi connectivity index (χ0v) is 14.4. The molecule has 1 aliphatic rings. The second kappa shape index (κ2) is 6.70. The van der Waals surface area contributed by atoms with Gasteiger partial charge < -0.3 is 14.2 Å². The molecule has 128 valence electrons. The number of sulfonamides is 1. The number of aryl methyl sites for hydroxylation is 1. The maximum Gasteiger partial charge on any atom is 0.240 e. The minimum atomic E-state index is -3.61. The molecule has 24 heavy (non-hydrogen) atoms. The van der Waals surface area contributed by atoms with Crippen LogP contribution in [0.25, 0.3) is 0 Å². The molecular formula is C17H19NO5S. The van der Waals surface area contributed by atoms with E-state index in [0.717, 1.165) is 16.9 Å². The van der Waals surface area contributed by atoms with Gasteiger partial charge in [0, 0.05) is 12.6 Å². The van der Waals surface area contributed by atoms with Crippen molar-refractivity contribution in [1.29, 1.82) is 0 Å². The first-order chi connectivity index (χ1) is 11.5. The second-order valence-corrected chi connectivity index (χ2v) is 7.25. The maximum absolute atomic E-state index is 12.4. The Labute approximate surface area is 141 Å². The van der Waals surface area contributed by atoms with Crippen LogP contribution < -0.4 is 18.9 Å². The highest BCUT2D eigenvalue weighted by atomic mass is 32.2. The Morgan fingerprint density at radius 2 is 1.92 bits per heavy atom. The lowest BCUT2D eigenvalue weighted by Gasteiger charge is -2.11. The van der Waals surface area contributed by atoms with Gasteiger partial charge in [0.25, 0.3) is 0 Å². The van der Waals surface area contributed by atoms with Gasteiger partial charge in [0.05, 0.1) is 12.0 Å². The monoisotopic (exact) mass is 349 g/mol. The minimum Gasteiger partial charge on any atom is -0.496 e. The van der Waals surface area contributed by atoms with Crippen molar-refractivity contribution in [3.8, 4) is 17.2 Å². The third kappa shape index (κ3) is 3.47. The van der Waals surface area contributed by atoms with Crippen molar-refractivity contribution in [2.75, 3.05) is 20.4 Å². The standard InChI is InChI=1S/C17H19NO5S/c1-12-3-5-15(21-2)13(9-12)7-8-18-24(19,20)14-4-6-16-17(10-14)23-11-22-16/h3-6,9-10,18H,7-8,11H2,1-2H3. The minimum absolute atomic E-state index is 0.111. The molecule has 6 nitrogen and oxygen atoms in total. The molecule has 0 unspecified atom stereocenters. The first kappa shape index (κ1) is 16.6. The SMILES string of the molecule is COc1ccc(C)cc1CCNS(=O)(=O)c1ccc2c(c1)OCO2. The molecule has 0 atom stereocenters. The Hall–Kier alpha value is -2.25. The average molecular weight is 349 g/mol. The Morgan fingerprint density at radius 1 is 1.12 bits per heavy atom. The quantitative estimate of drug-likeness (QED) is 0.866. The third-order valence-corrected chi connectivity index (χ3v) is 5.24. The zero-order valence-electron chi connectivity index (χ0n) is 13.5. The van der Waals surface area contributed by atoms with Crippen molar-refractivity contribution in [1.82, 2.24) is 4.72 Å². The van der Waals surface area contributed by atoms with Gasteiger partial charge in [-0.2, -0.15) is 0 Å². The summed E-state index contributed by atoms with van der Waals surface area (Å²) in [5.74, 6) is 1.75. The highest BCUT2D eigenvalue weighted by molar-refractivity contribution is 7.89. The van der Waals surface area contributed by atoms with E-state index in [0.29, 0.717) is 17.9 Å². The third-order valence-electron chi connectivity index (χ3n) is 3.78. The lowest BCUT2D eigenvalue weighted by molar-refractivity contribution is 0.174. The lowest BCUT2D eigenvalue weighted by Crippen LogP contribution is -2.26. The normalized spacial score (nSPS) is 13.1. The van der Waals surface area contributed by atoms with Gasteiger partial charge >= 0.3 is 0 Å². The van der Waals surface area contributed by atoms with Crippen LogP contribution in [0.3, 0.4) is 0 Å². The van der Waals surface area contributed by atoms with Crippen molar-refractivity contribution in [2.24, 2.45) is 0 Å². The van der Waals surface area contributed by atoms with E-state index < -0.39 is 10.0 Å². The lowest BCUT2D eigenvalue weighted by atomic mass is 10.1. The Balaban J connectivity index is 1.69. The van der Waals surface area contributed by atoms with E-state index in [2.05, 4.69) is 4.72 Å². The molecule has 0 radical (unpaired) electrons. The van der Waals surface area contributed by atoms with Gasteiger partial charge in [0.15, 0.2) is 11.5 Å². The fourth-order valence-corrected chi connectivity index (χ4v) is 3.60. The first-order valence-electron chi connectivity index (χ1n) is 7.52. The second-order valence-electron chi connectivity index (χ2n) is 5.48. The molecule has 1 N–H and O–H groups in total. The molecule has 2 aromatic carbocycles. The van der Waals surface area contributed by atoms with E-state index >= 15 is 0 Å². The summed E-state index contributed by atoms with van der Waals surface area (Å²) in [4.78, 5) is 0.156. The summed E-state index contributed by atoms with van der Waals surface area (Å²) < 4.78 is 43.1. The van der Waals surface area contributed by atoms with Crippen molar-refractivity contribution in [3.63, 3.8) is 0 Å². The largest absolute Gasteiger partial charge is 0.496 e. The molecule has 7 heteroatoms. The molecule has 0 saturated heterocycles. The highest BCUT2D eigenvalue weighted by Crippen LogP contribution is 2.33. The number of rotatable bonds is 6. The van der Waals surface area contributed by atoms with Gasteiger partial charge in [0.1, 0.15) is 5.75 Å². The molecule has 1 aliphatic heterocycles. The summed E-state index contributed by atoms with van der Waals surface area (Å²) in [6, 6.07) is 10.4. The van der Waals surface area contributed by atoms with Crippen molar-refractivity contribution in [2.45, 2.75) is 18.2 Å². The fourth-order valence-electron chi connectivity index (χ4n) is 2.55. The van der Waals surface area contributed by atoms with E-state index in [1.54, 1.807) is 13.2 Å². The summed E-state index contributed by atoms with van der Waals surface area (Å²) >= 11 is 0. The van der Waals surface area contributed by atoms with Gasteiger partial charge in [-0.05, 0) is 37.1 Å².